The van der Waals surface area contributed by atoms with Gasteiger partial charge in [-0.15, -0.1) is 0 Å². The number of pyridine rings is 1. The zero-order chi connectivity index (χ0) is 13.7. The Bertz CT molecular complexity index is 466. The lowest BCUT2D eigenvalue weighted by molar-refractivity contribution is -0.384. The lowest BCUT2D eigenvalue weighted by atomic mass is 10.2. The van der Waals surface area contributed by atoms with Gasteiger partial charge in [-0.1, -0.05) is 0 Å². The predicted molar refractivity (Wildman–Crippen MR) is 70.4 cm³/mol. The number of nitrogens with zero attached hydrogens (tertiary/aromatic N) is 2. The van der Waals surface area contributed by atoms with E-state index in [2.05, 4.69) is 31.5 Å². The van der Waals surface area contributed by atoms with Gasteiger partial charge in [-0.05, 0) is 29.8 Å². The van der Waals surface area contributed by atoms with Crippen LogP contribution in [0, 0.1) is 10.1 Å². The van der Waals surface area contributed by atoms with E-state index < -0.39 is 11.0 Å². The van der Waals surface area contributed by atoms with Crippen LogP contribution in [0.2, 0.25) is 0 Å². The largest absolute Gasteiger partial charge is 0.367 e. The molecule has 1 heterocycles. The first-order valence-corrected chi connectivity index (χ1v) is 6.08. The Morgan fingerprint density at radius 3 is 2.83 bits per heavy atom. The van der Waals surface area contributed by atoms with Gasteiger partial charge >= 0.3 is 5.69 Å². The van der Waals surface area contributed by atoms with Gasteiger partial charge in [0.25, 0.3) is 0 Å². The molecule has 7 nitrogen and oxygen atoms in total. The van der Waals surface area contributed by atoms with Crippen molar-refractivity contribution in [1.29, 1.82) is 0 Å². The summed E-state index contributed by atoms with van der Waals surface area (Å²) in [6, 6.07) is -0.581. The highest BCUT2D eigenvalue weighted by molar-refractivity contribution is 9.10. The number of halogens is 1. The number of carbonyl (C=O) groups excluding carboxylic acids is 1. The minimum atomic E-state index is -0.581. The van der Waals surface area contributed by atoms with Crippen LogP contribution in [0.3, 0.4) is 0 Å². The SMILES string of the molecule is CCNC(=O)C(C)Nc1c(Br)cncc1[N+](=O)[O-]. The van der Waals surface area contributed by atoms with Gasteiger partial charge in [0.05, 0.1) is 9.40 Å². The van der Waals surface area contributed by atoms with E-state index >= 15 is 0 Å². The Morgan fingerprint density at radius 1 is 1.61 bits per heavy atom. The highest BCUT2D eigenvalue weighted by Gasteiger charge is 2.21. The van der Waals surface area contributed by atoms with Crippen molar-refractivity contribution in [2.45, 2.75) is 19.9 Å². The Kier molecular flexibility index (Phi) is 5.02. The van der Waals surface area contributed by atoms with Crippen molar-refractivity contribution in [3.05, 3.63) is 27.0 Å². The minimum Gasteiger partial charge on any atom is -0.367 e. The van der Waals surface area contributed by atoms with E-state index in [9.17, 15) is 14.9 Å². The van der Waals surface area contributed by atoms with Crippen molar-refractivity contribution in [1.82, 2.24) is 10.3 Å². The molecule has 98 valence electrons. The third-order valence-electron chi connectivity index (χ3n) is 2.18. The number of hydrogen-bond donors (Lipinski definition) is 2. The molecule has 2 N–H and O–H groups in total. The summed E-state index contributed by atoms with van der Waals surface area (Å²) in [6.45, 7) is 3.93. The Labute approximate surface area is 112 Å². The molecule has 0 aliphatic heterocycles. The van der Waals surface area contributed by atoms with E-state index in [0.717, 1.165) is 6.20 Å². The zero-order valence-electron chi connectivity index (χ0n) is 9.94. The number of aromatic nitrogens is 1. The molecule has 8 heteroatoms. The van der Waals surface area contributed by atoms with Gasteiger partial charge in [-0.2, -0.15) is 0 Å². The highest BCUT2D eigenvalue weighted by atomic mass is 79.9. The minimum absolute atomic E-state index is 0.180. The van der Waals surface area contributed by atoms with Crippen LogP contribution in [0.1, 0.15) is 13.8 Å². The van der Waals surface area contributed by atoms with Gasteiger partial charge in [0.2, 0.25) is 5.91 Å². The van der Waals surface area contributed by atoms with E-state index in [0.29, 0.717) is 11.0 Å². The molecular formula is C10H13BrN4O3. The molecule has 0 fully saturated rings. The van der Waals surface area contributed by atoms with Crippen LogP contribution >= 0.6 is 15.9 Å². The molecule has 1 atom stereocenters. The molecule has 0 bridgehead atoms. The maximum absolute atomic E-state index is 11.6. The van der Waals surface area contributed by atoms with Crippen molar-refractivity contribution < 1.29 is 9.72 Å². The molecule has 1 unspecified atom stereocenters. The quantitative estimate of drug-likeness (QED) is 0.636. The first-order valence-electron chi connectivity index (χ1n) is 5.29. The van der Waals surface area contributed by atoms with E-state index in [-0.39, 0.29) is 17.3 Å². The number of rotatable bonds is 5. The first kappa shape index (κ1) is 14.4. The molecule has 1 amide bonds. The van der Waals surface area contributed by atoms with Gasteiger partial charge < -0.3 is 10.6 Å². The van der Waals surface area contributed by atoms with Crippen molar-refractivity contribution in [3.8, 4) is 0 Å². The number of anilines is 1. The molecule has 1 rings (SSSR count). The van der Waals surface area contributed by atoms with Crippen LogP contribution in [-0.2, 0) is 4.79 Å². The third-order valence-corrected chi connectivity index (χ3v) is 2.78. The summed E-state index contributed by atoms with van der Waals surface area (Å²) >= 11 is 3.17. The van der Waals surface area contributed by atoms with Gasteiger partial charge in [0.15, 0.2) is 0 Å². The summed E-state index contributed by atoms with van der Waals surface area (Å²) in [6.07, 6.45) is 2.57. The van der Waals surface area contributed by atoms with Gasteiger partial charge in [0.1, 0.15) is 17.9 Å². The normalized spacial score (nSPS) is 11.7. The fraction of sp³-hybridized carbons (Fsp3) is 0.400. The van der Waals surface area contributed by atoms with Crippen LogP contribution in [0.25, 0.3) is 0 Å². The molecule has 0 aromatic carbocycles. The number of nitrogens with one attached hydrogen (secondary N) is 2. The standard InChI is InChI=1S/C10H13BrN4O3/c1-3-13-10(16)6(2)14-9-7(11)4-12-5-8(9)15(17)18/h4-6H,3H2,1-2H3,(H,12,14)(H,13,16). The fourth-order valence-corrected chi connectivity index (χ4v) is 1.75. The van der Waals surface area contributed by atoms with Crippen LogP contribution in [0.5, 0.6) is 0 Å². The summed E-state index contributed by atoms with van der Waals surface area (Å²) in [5.74, 6) is -0.226. The Balaban J connectivity index is 2.96. The van der Waals surface area contributed by atoms with Crippen molar-refractivity contribution in [3.63, 3.8) is 0 Å². The average Bonchev–Trinajstić information content (AvgIpc) is 2.31. The fourth-order valence-electron chi connectivity index (χ4n) is 1.32. The Hall–Kier alpha value is -1.70. The van der Waals surface area contributed by atoms with Crippen molar-refractivity contribution in [2.24, 2.45) is 0 Å². The number of likely N-dealkylation sites (N-methyl/N-ethyl adjacent to an activating group) is 1. The Morgan fingerprint density at radius 2 is 2.28 bits per heavy atom. The molecule has 0 saturated heterocycles. The average molecular weight is 317 g/mol. The molecule has 18 heavy (non-hydrogen) atoms. The van der Waals surface area contributed by atoms with Crippen molar-refractivity contribution >= 4 is 33.2 Å². The summed E-state index contributed by atoms with van der Waals surface area (Å²) in [5.41, 5.74) is 0.0641. The number of hydrogen-bond acceptors (Lipinski definition) is 5. The van der Waals surface area contributed by atoms with Crippen LogP contribution in [0.15, 0.2) is 16.9 Å². The summed E-state index contributed by atoms with van der Waals surface area (Å²) < 4.78 is 0.438. The second-order valence-electron chi connectivity index (χ2n) is 3.53. The lowest BCUT2D eigenvalue weighted by Crippen LogP contribution is -2.37. The second kappa shape index (κ2) is 6.29. The van der Waals surface area contributed by atoms with E-state index in [1.54, 1.807) is 13.8 Å². The van der Waals surface area contributed by atoms with E-state index in [4.69, 9.17) is 0 Å². The number of carbonyl (C=O) groups is 1. The second-order valence-corrected chi connectivity index (χ2v) is 4.39. The molecule has 0 saturated carbocycles. The van der Waals surface area contributed by atoms with Crippen molar-refractivity contribution in [2.75, 3.05) is 11.9 Å². The highest BCUT2D eigenvalue weighted by Crippen LogP contribution is 2.31. The van der Waals surface area contributed by atoms with E-state index in [1.165, 1.54) is 6.20 Å². The molecule has 0 aliphatic carbocycles. The number of amides is 1. The molecular weight excluding hydrogens is 304 g/mol. The third kappa shape index (κ3) is 3.39. The molecule has 0 spiro atoms. The molecule has 1 aromatic heterocycles. The molecule has 0 aliphatic rings. The smallest absolute Gasteiger partial charge is 0.311 e. The first-order chi connectivity index (χ1) is 8.47. The van der Waals surface area contributed by atoms with Crippen LogP contribution in [-0.4, -0.2) is 28.4 Å². The van der Waals surface area contributed by atoms with Gasteiger partial charge in [-0.3, -0.25) is 19.9 Å². The monoisotopic (exact) mass is 316 g/mol. The summed E-state index contributed by atoms with van der Waals surface area (Å²) in [5, 5.41) is 16.3. The zero-order valence-corrected chi connectivity index (χ0v) is 11.5. The van der Waals surface area contributed by atoms with Crippen LogP contribution < -0.4 is 10.6 Å². The maximum atomic E-state index is 11.6. The van der Waals surface area contributed by atoms with Crippen LogP contribution in [0.4, 0.5) is 11.4 Å². The predicted octanol–water partition coefficient (Wildman–Crippen LogP) is 1.69. The topological polar surface area (TPSA) is 97.2 Å². The molecule has 1 aromatic rings. The van der Waals surface area contributed by atoms with Gasteiger partial charge in [0, 0.05) is 12.7 Å². The number of nitro groups is 1. The summed E-state index contributed by atoms with van der Waals surface area (Å²) in [7, 11) is 0. The van der Waals surface area contributed by atoms with E-state index in [1.807, 2.05) is 0 Å². The van der Waals surface area contributed by atoms with Gasteiger partial charge in [-0.25, -0.2) is 0 Å². The summed E-state index contributed by atoms with van der Waals surface area (Å²) in [4.78, 5) is 25.6. The maximum Gasteiger partial charge on any atom is 0.311 e. The molecule has 0 radical (unpaired) electrons. The lowest BCUT2D eigenvalue weighted by Gasteiger charge is -2.15.